The van der Waals surface area contributed by atoms with Crippen LogP contribution < -0.4 is 0 Å². The summed E-state index contributed by atoms with van der Waals surface area (Å²) < 4.78 is 7.42. The number of thiophene rings is 1. The molecule has 2 aromatic heterocycles. The average molecular weight is 390 g/mol. The van der Waals surface area contributed by atoms with E-state index in [0.717, 1.165) is 21.0 Å². The monoisotopic (exact) mass is 389 g/mol. The van der Waals surface area contributed by atoms with E-state index < -0.39 is 5.60 Å². The molecule has 0 radical (unpaired) electrons. The van der Waals surface area contributed by atoms with Crippen LogP contribution in [-0.2, 0) is 4.74 Å². The molecule has 3 rings (SSSR count). The fraction of sp³-hybridized carbons (Fsp3) is 0.500. The fourth-order valence-electron chi connectivity index (χ4n) is 3.09. The van der Waals surface area contributed by atoms with Crippen LogP contribution >= 0.6 is 11.3 Å². The Kier molecular flexibility index (Phi) is 5.33. The van der Waals surface area contributed by atoms with Crippen LogP contribution in [0.3, 0.4) is 0 Å². The summed E-state index contributed by atoms with van der Waals surface area (Å²) in [7, 11) is 0. The van der Waals surface area contributed by atoms with E-state index in [9.17, 15) is 9.59 Å². The third-order valence-corrected chi connectivity index (χ3v) is 5.86. The van der Waals surface area contributed by atoms with E-state index in [1.807, 2.05) is 68.6 Å². The third-order valence-electron chi connectivity index (χ3n) is 4.64. The standard InChI is InChI=1S/C20H27N3O3S/c1-14-15(2)27-18(22-8-6-7-9-22)16(14)17(24)21-10-12-23(13-11-21)19(25)26-20(3,4)5/h6-9H,10-13H2,1-5H3. The van der Waals surface area contributed by atoms with Crippen LogP contribution in [0.2, 0.25) is 0 Å². The third kappa shape index (κ3) is 4.18. The average Bonchev–Trinajstić information content (AvgIpc) is 3.22. The number of piperazine rings is 1. The molecular weight excluding hydrogens is 362 g/mol. The lowest BCUT2D eigenvalue weighted by atomic mass is 10.1. The van der Waals surface area contributed by atoms with Crippen molar-refractivity contribution in [3.63, 3.8) is 0 Å². The zero-order valence-electron chi connectivity index (χ0n) is 16.6. The molecule has 0 aliphatic carbocycles. The molecule has 0 aromatic carbocycles. The van der Waals surface area contributed by atoms with E-state index in [1.54, 1.807) is 16.2 Å². The summed E-state index contributed by atoms with van der Waals surface area (Å²) in [6.07, 6.45) is 3.61. The second-order valence-corrected chi connectivity index (χ2v) is 9.02. The quantitative estimate of drug-likeness (QED) is 0.784. The van der Waals surface area contributed by atoms with E-state index in [1.165, 1.54) is 0 Å². The largest absolute Gasteiger partial charge is 0.444 e. The van der Waals surface area contributed by atoms with Gasteiger partial charge in [0.25, 0.3) is 5.91 Å². The molecular formula is C20H27N3O3S. The molecule has 7 heteroatoms. The number of hydrogen-bond donors (Lipinski definition) is 0. The first-order valence-electron chi connectivity index (χ1n) is 9.18. The van der Waals surface area contributed by atoms with Crippen molar-refractivity contribution < 1.29 is 14.3 Å². The number of amides is 2. The number of carbonyl (C=O) groups excluding carboxylic acids is 2. The van der Waals surface area contributed by atoms with Gasteiger partial charge in [-0.05, 0) is 52.3 Å². The van der Waals surface area contributed by atoms with Gasteiger partial charge in [0.05, 0.1) is 5.56 Å². The molecule has 0 bridgehead atoms. The molecule has 0 unspecified atom stereocenters. The second-order valence-electron chi connectivity index (χ2n) is 7.81. The van der Waals surface area contributed by atoms with Crippen molar-refractivity contribution in [1.82, 2.24) is 14.4 Å². The number of aryl methyl sites for hydroxylation is 1. The van der Waals surface area contributed by atoms with E-state index in [0.29, 0.717) is 26.2 Å². The molecule has 1 fully saturated rings. The number of aromatic nitrogens is 1. The number of hydrogen-bond acceptors (Lipinski definition) is 4. The molecule has 3 heterocycles. The van der Waals surface area contributed by atoms with Gasteiger partial charge in [0.1, 0.15) is 10.6 Å². The predicted molar refractivity (Wildman–Crippen MR) is 107 cm³/mol. The van der Waals surface area contributed by atoms with Crippen LogP contribution in [0.1, 0.15) is 41.6 Å². The predicted octanol–water partition coefficient (Wildman–Crippen LogP) is 3.85. The molecule has 146 valence electrons. The maximum absolute atomic E-state index is 13.2. The van der Waals surface area contributed by atoms with Crippen LogP contribution in [0.25, 0.3) is 5.00 Å². The molecule has 1 saturated heterocycles. The second kappa shape index (κ2) is 7.38. The smallest absolute Gasteiger partial charge is 0.410 e. The Labute approximate surface area is 164 Å². The van der Waals surface area contributed by atoms with Crippen LogP contribution in [0, 0.1) is 13.8 Å². The van der Waals surface area contributed by atoms with Crippen molar-refractivity contribution in [3.8, 4) is 5.00 Å². The summed E-state index contributed by atoms with van der Waals surface area (Å²) in [5.41, 5.74) is 1.28. The number of rotatable bonds is 2. The molecule has 0 atom stereocenters. The van der Waals surface area contributed by atoms with Crippen LogP contribution in [-0.4, -0.2) is 58.1 Å². The summed E-state index contributed by atoms with van der Waals surface area (Å²) >= 11 is 1.63. The van der Waals surface area contributed by atoms with E-state index >= 15 is 0 Å². The Morgan fingerprint density at radius 2 is 1.56 bits per heavy atom. The van der Waals surface area contributed by atoms with Crippen molar-refractivity contribution in [3.05, 3.63) is 40.5 Å². The van der Waals surface area contributed by atoms with Crippen LogP contribution in [0.4, 0.5) is 4.79 Å². The van der Waals surface area contributed by atoms with Gasteiger partial charge in [0.15, 0.2) is 0 Å². The van der Waals surface area contributed by atoms with Gasteiger partial charge in [-0.15, -0.1) is 11.3 Å². The molecule has 6 nitrogen and oxygen atoms in total. The number of ether oxygens (including phenoxy) is 1. The van der Waals surface area contributed by atoms with Gasteiger partial charge < -0.3 is 19.1 Å². The molecule has 0 saturated carbocycles. The minimum atomic E-state index is -0.513. The van der Waals surface area contributed by atoms with Gasteiger partial charge in [0.2, 0.25) is 0 Å². The van der Waals surface area contributed by atoms with Crippen molar-refractivity contribution in [2.75, 3.05) is 26.2 Å². The lowest BCUT2D eigenvalue weighted by molar-refractivity contribution is 0.0141. The van der Waals surface area contributed by atoms with E-state index in [-0.39, 0.29) is 12.0 Å². The molecule has 1 aliphatic rings. The Hall–Kier alpha value is -2.28. The highest BCUT2D eigenvalue weighted by Gasteiger charge is 2.30. The minimum Gasteiger partial charge on any atom is -0.444 e. The van der Waals surface area contributed by atoms with Crippen LogP contribution in [0.5, 0.6) is 0 Å². The zero-order valence-corrected chi connectivity index (χ0v) is 17.4. The highest BCUT2D eigenvalue weighted by molar-refractivity contribution is 7.15. The summed E-state index contributed by atoms with van der Waals surface area (Å²) in [6, 6.07) is 3.91. The molecule has 2 amide bonds. The molecule has 0 N–H and O–H groups in total. The molecule has 1 aliphatic heterocycles. The Bertz CT molecular complexity index is 826. The number of carbonyl (C=O) groups is 2. The fourth-order valence-corrected chi connectivity index (χ4v) is 4.20. The van der Waals surface area contributed by atoms with Gasteiger partial charge >= 0.3 is 6.09 Å². The normalized spacial score (nSPS) is 15.1. The van der Waals surface area contributed by atoms with Gasteiger partial charge in [-0.2, -0.15) is 0 Å². The highest BCUT2D eigenvalue weighted by atomic mass is 32.1. The maximum Gasteiger partial charge on any atom is 0.410 e. The maximum atomic E-state index is 13.2. The Morgan fingerprint density at radius 3 is 2.11 bits per heavy atom. The lowest BCUT2D eigenvalue weighted by Crippen LogP contribution is -2.51. The first-order valence-corrected chi connectivity index (χ1v) is 9.99. The summed E-state index contributed by atoms with van der Waals surface area (Å²) in [5.74, 6) is 0.0318. The summed E-state index contributed by atoms with van der Waals surface area (Å²) in [4.78, 5) is 30.1. The van der Waals surface area contributed by atoms with Gasteiger partial charge in [-0.25, -0.2) is 4.79 Å². The van der Waals surface area contributed by atoms with E-state index in [4.69, 9.17) is 4.74 Å². The van der Waals surface area contributed by atoms with Crippen molar-refractivity contribution >= 4 is 23.3 Å². The molecule has 27 heavy (non-hydrogen) atoms. The zero-order chi connectivity index (χ0) is 19.8. The Morgan fingerprint density at radius 1 is 1.00 bits per heavy atom. The Balaban J connectivity index is 1.73. The van der Waals surface area contributed by atoms with Crippen molar-refractivity contribution in [2.24, 2.45) is 0 Å². The van der Waals surface area contributed by atoms with Gasteiger partial charge in [-0.3, -0.25) is 4.79 Å². The minimum absolute atomic E-state index is 0.0318. The topological polar surface area (TPSA) is 54.8 Å². The SMILES string of the molecule is Cc1sc(-n2cccc2)c(C(=O)N2CCN(C(=O)OC(C)(C)C)CC2)c1C. The molecule has 2 aromatic rings. The first-order chi connectivity index (χ1) is 12.7. The lowest BCUT2D eigenvalue weighted by Gasteiger charge is -2.35. The highest BCUT2D eigenvalue weighted by Crippen LogP contribution is 2.32. The summed E-state index contributed by atoms with van der Waals surface area (Å²) in [5, 5.41) is 0.953. The van der Waals surface area contributed by atoms with Crippen molar-refractivity contribution in [1.29, 1.82) is 0 Å². The number of nitrogens with zero attached hydrogens (tertiary/aromatic N) is 3. The van der Waals surface area contributed by atoms with Crippen LogP contribution in [0.15, 0.2) is 24.5 Å². The van der Waals surface area contributed by atoms with Gasteiger partial charge in [-0.1, -0.05) is 0 Å². The molecule has 0 spiro atoms. The summed E-state index contributed by atoms with van der Waals surface area (Å²) in [6.45, 7) is 11.6. The van der Waals surface area contributed by atoms with Gasteiger partial charge in [0, 0.05) is 43.4 Å². The van der Waals surface area contributed by atoms with E-state index in [2.05, 4.69) is 0 Å². The van der Waals surface area contributed by atoms with Crippen molar-refractivity contribution in [2.45, 2.75) is 40.2 Å². The first kappa shape index (κ1) is 19.5.